The van der Waals surface area contributed by atoms with Gasteiger partial charge >= 0.3 is 6.18 Å². The summed E-state index contributed by atoms with van der Waals surface area (Å²) in [5.41, 5.74) is 5.07. The van der Waals surface area contributed by atoms with Crippen LogP contribution in [0.4, 0.5) is 17.6 Å². The van der Waals surface area contributed by atoms with Crippen LogP contribution in [0.25, 0.3) is 0 Å². The smallest absolute Gasteiger partial charge is 0.390 e. The van der Waals surface area contributed by atoms with Crippen LogP contribution in [-0.4, -0.2) is 13.3 Å². The van der Waals surface area contributed by atoms with Gasteiger partial charge < -0.3 is 10.5 Å². The Morgan fingerprint density at radius 1 is 1.35 bits per heavy atom. The van der Waals surface area contributed by atoms with Crippen LogP contribution in [-0.2, 0) is 0 Å². The van der Waals surface area contributed by atoms with Gasteiger partial charge in [-0.15, -0.1) is 12.4 Å². The summed E-state index contributed by atoms with van der Waals surface area (Å²) in [6.07, 6.45) is -5.73. The molecule has 2 N–H and O–H groups in total. The first-order valence-corrected chi connectivity index (χ1v) is 4.50. The molecule has 7 heteroatoms. The second-order valence-corrected chi connectivity index (χ2v) is 3.28. The molecule has 0 aromatic heterocycles. The third-order valence-electron chi connectivity index (χ3n) is 2.05. The maximum absolute atomic E-state index is 13.3. The van der Waals surface area contributed by atoms with Crippen molar-refractivity contribution in [3.05, 3.63) is 29.6 Å². The number of nitrogens with two attached hydrogens (primary N) is 1. The zero-order valence-corrected chi connectivity index (χ0v) is 9.74. The van der Waals surface area contributed by atoms with Crippen LogP contribution in [0.5, 0.6) is 5.75 Å². The summed E-state index contributed by atoms with van der Waals surface area (Å²) in [6, 6.07) is 2.30. The fraction of sp³-hybridized carbons (Fsp3) is 0.400. The van der Waals surface area contributed by atoms with Crippen LogP contribution < -0.4 is 10.5 Å². The quantitative estimate of drug-likeness (QED) is 0.859. The monoisotopic (exact) mass is 273 g/mol. The molecule has 0 saturated carbocycles. The van der Waals surface area contributed by atoms with Crippen molar-refractivity contribution in [2.75, 3.05) is 7.11 Å². The molecule has 0 spiro atoms. The lowest BCUT2D eigenvalue weighted by Crippen LogP contribution is -2.21. The third-order valence-corrected chi connectivity index (χ3v) is 2.05. The number of hydrogen-bond donors (Lipinski definition) is 1. The Hall–Kier alpha value is -1.01. The first-order chi connectivity index (χ1) is 7.35. The molecule has 0 saturated heterocycles. The lowest BCUT2D eigenvalue weighted by atomic mass is 10.0. The van der Waals surface area contributed by atoms with E-state index in [0.29, 0.717) is 0 Å². The van der Waals surface area contributed by atoms with E-state index in [-0.39, 0.29) is 23.7 Å². The summed E-state index contributed by atoms with van der Waals surface area (Å²) in [6.45, 7) is 0. The largest absolute Gasteiger partial charge is 0.496 e. The van der Waals surface area contributed by atoms with Crippen LogP contribution >= 0.6 is 12.4 Å². The van der Waals surface area contributed by atoms with Gasteiger partial charge in [0.25, 0.3) is 0 Å². The van der Waals surface area contributed by atoms with Crippen molar-refractivity contribution in [3.63, 3.8) is 0 Å². The van der Waals surface area contributed by atoms with Crippen molar-refractivity contribution < 1.29 is 22.3 Å². The van der Waals surface area contributed by atoms with Gasteiger partial charge in [0.2, 0.25) is 0 Å². The van der Waals surface area contributed by atoms with Crippen molar-refractivity contribution in [2.45, 2.75) is 18.6 Å². The summed E-state index contributed by atoms with van der Waals surface area (Å²) in [5, 5.41) is 0. The highest BCUT2D eigenvalue weighted by Gasteiger charge is 2.33. The van der Waals surface area contributed by atoms with Gasteiger partial charge in [-0.1, -0.05) is 6.07 Å². The molecule has 1 rings (SSSR count). The second-order valence-electron chi connectivity index (χ2n) is 3.28. The van der Waals surface area contributed by atoms with Gasteiger partial charge in [0.05, 0.1) is 13.5 Å². The van der Waals surface area contributed by atoms with Gasteiger partial charge in [0, 0.05) is 11.6 Å². The summed E-state index contributed by atoms with van der Waals surface area (Å²) in [7, 11) is 1.25. The van der Waals surface area contributed by atoms with Crippen molar-refractivity contribution in [2.24, 2.45) is 5.73 Å². The molecule has 98 valence electrons. The molecule has 17 heavy (non-hydrogen) atoms. The van der Waals surface area contributed by atoms with E-state index in [1.165, 1.54) is 19.2 Å². The Labute approximate surface area is 102 Å². The Kier molecular flexibility index (Phi) is 5.71. The summed E-state index contributed by atoms with van der Waals surface area (Å²) >= 11 is 0. The Bertz CT molecular complexity index is 370. The van der Waals surface area contributed by atoms with Gasteiger partial charge in [-0.25, -0.2) is 4.39 Å². The third kappa shape index (κ3) is 4.40. The van der Waals surface area contributed by atoms with E-state index in [2.05, 4.69) is 0 Å². The molecule has 1 aromatic rings. The summed E-state index contributed by atoms with van der Waals surface area (Å²) < 4.78 is 54.5. The summed E-state index contributed by atoms with van der Waals surface area (Å²) in [4.78, 5) is 0. The minimum absolute atomic E-state index is 0. The minimum atomic E-state index is -4.44. The number of alkyl halides is 3. The van der Waals surface area contributed by atoms with E-state index in [1.54, 1.807) is 0 Å². The van der Waals surface area contributed by atoms with Crippen LogP contribution in [0.3, 0.4) is 0 Å². The van der Waals surface area contributed by atoms with Crippen molar-refractivity contribution in [1.29, 1.82) is 0 Å². The molecule has 0 fully saturated rings. The molecule has 0 heterocycles. The molecule has 1 atom stereocenters. The van der Waals surface area contributed by atoms with Gasteiger partial charge in [-0.2, -0.15) is 13.2 Å². The number of halogens is 5. The molecule has 0 radical (unpaired) electrons. The highest BCUT2D eigenvalue weighted by Crippen LogP contribution is 2.33. The van der Waals surface area contributed by atoms with Crippen molar-refractivity contribution in [3.8, 4) is 5.75 Å². The van der Waals surface area contributed by atoms with Crippen molar-refractivity contribution in [1.82, 2.24) is 0 Å². The number of methoxy groups -OCH3 is 1. The molecule has 2 nitrogen and oxygen atoms in total. The SMILES string of the molecule is COc1cccc(F)c1[C@H](N)CC(F)(F)F.Cl. The second kappa shape index (κ2) is 6.07. The number of benzene rings is 1. The lowest BCUT2D eigenvalue weighted by molar-refractivity contribution is -0.138. The van der Waals surface area contributed by atoms with E-state index in [9.17, 15) is 17.6 Å². The molecule has 0 amide bonds. The van der Waals surface area contributed by atoms with Crippen LogP contribution in [0, 0.1) is 5.82 Å². The molecule has 0 aliphatic rings. The number of ether oxygens (including phenoxy) is 1. The minimum Gasteiger partial charge on any atom is -0.496 e. The average Bonchev–Trinajstić information content (AvgIpc) is 2.14. The number of rotatable bonds is 3. The lowest BCUT2D eigenvalue weighted by Gasteiger charge is -2.17. The molecule has 0 aliphatic heterocycles. The van der Waals surface area contributed by atoms with Crippen LogP contribution in [0.2, 0.25) is 0 Å². The predicted molar refractivity (Wildman–Crippen MR) is 57.8 cm³/mol. The van der Waals surface area contributed by atoms with E-state index in [0.717, 1.165) is 6.07 Å². The average molecular weight is 274 g/mol. The Morgan fingerprint density at radius 2 is 1.94 bits per heavy atom. The first kappa shape index (κ1) is 16.0. The van der Waals surface area contributed by atoms with E-state index >= 15 is 0 Å². The van der Waals surface area contributed by atoms with Crippen LogP contribution in [0.1, 0.15) is 18.0 Å². The molecule has 0 bridgehead atoms. The maximum atomic E-state index is 13.3. The molecule has 1 aromatic carbocycles. The predicted octanol–water partition coefficient (Wildman–Crippen LogP) is 3.21. The van der Waals surface area contributed by atoms with Crippen molar-refractivity contribution >= 4 is 12.4 Å². The van der Waals surface area contributed by atoms with Gasteiger partial charge in [-0.3, -0.25) is 0 Å². The highest BCUT2D eigenvalue weighted by atomic mass is 35.5. The fourth-order valence-electron chi connectivity index (χ4n) is 1.41. The standard InChI is InChI=1S/C10H11F4NO.ClH/c1-16-8-4-2-3-6(11)9(8)7(15)5-10(12,13)14;/h2-4,7H,5,15H2,1H3;1H/t7-;/m1./s1. The molecule has 0 unspecified atom stereocenters. The van der Waals surface area contributed by atoms with Crippen LogP contribution in [0.15, 0.2) is 18.2 Å². The van der Waals surface area contributed by atoms with E-state index in [1.807, 2.05) is 0 Å². The van der Waals surface area contributed by atoms with Gasteiger partial charge in [0.15, 0.2) is 0 Å². The Morgan fingerprint density at radius 3 is 2.41 bits per heavy atom. The highest BCUT2D eigenvalue weighted by molar-refractivity contribution is 5.85. The Balaban J connectivity index is 0.00000256. The van der Waals surface area contributed by atoms with E-state index in [4.69, 9.17) is 10.5 Å². The molecule has 0 aliphatic carbocycles. The summed E-state index contributed by atoms with van der Waals surface area (Å²) in [5.74, 6) is -0.771. The zero-order chi connectivity index (χ0) is 12.3. The molecular formula is C10H12ClF4NO. The number of hydrogen-bond acceptors (Lipinski definition) is 2. The van der Waals surface area contributed by atoms with E-state index < -0.39 is 24.5 Å². The zero-order valence-electron chi connectivity index (χ0n) is 8.92. The fourth-order valence-corrected chi connectivity index (χ4v) is 1.41. The van der Waals surface area contributed by atoms with Gasteiger partial charge in [0.1, 0.15) is 11.6 Å². The first-order valence-electron chi connectivity index (χ1n) is 4.50. The van der Waals surface area contributed by atoms with Gasteiger partial charge in [-0.05, 0) is 12.1 Å². The molecular weight excluding hydrogens is 262 g/mol. The maximum Gasteiger partial charge on any atom is 0.390 e. The topological polar surface area (TPSA) is 35.2 Å². The normalized spacial score (nSPS) is 12.8.